The van der Waals surface area contributed by atoms with Crippen molar-refractivity contribution in [1.29, 1.82) is 0 Å². The normalized spacial score (nSPS) is 14.2. The van der Waals surface area contributed by atoms with Crippen LogP contribution in [-0.2, 0) is 5.41 Å². The summed E-state index contributed by atoms with van der Waals surface area (Å²) < 4.78 is 0. The van der Waals surface area contributed by atoms with E-state index in [4.69, 9.17) is 0 Å². The molecule has 308 valence electrons. The highest BCUT2D eigenvalue weighted by Gasteiger charge is 2.40. The zero-order valence-corrected chi connectivity index (χ0v) is 36.7. The molecule has 0 heterocycles. The topological polar surface area (TPSA) is 0 Å². The highest BCUT2D eigenvalue weighted by atomic mass is 14.4. The zero-order valence-electron chi connectivity index (χ0n) is 36.7. The van der Waals surface area contributed by atoms with E-state index < -0.39 is 0 Å². The lowest BCUT2D eigenvalue weighted by Crippen LogP contribution is -2.22. The molecule has 0 heteroatoms. The molecule has 0 aliphatic heterocycles. The van der Waals surface area contributed by atoms with E-state index in [9.17, 15) is 0 Å². The van der Waals surface area contributed by atoms with Crippen LogP contribution in [0.25, 0.3) is 110 Å². The summed E-state index contributed by atoms with van der Waals surface area (Å²) in [7, 11) is 0. The number of benzene rings is 12. The third kappa shape index (κ3) is 5.85. The van der Waals surface area contributed by atoms with Crippen molar-refractivity contribution in [3.05, 3.63) is 265 Å². The van der Waals surface area contributed by atoms with Gasteiger partial charge in [-0.2, -0.15) is 0 Å². The minimum Gasteiger partial charge on any atom is -0.0622 e. The predicted octanol–water partition coefficient (Wildman–Crippen LogP) is 18.0. The summed E-state index contributed by atoms with van der Waals surface area (Å²) in [5.74, 6) is 0. The molecule has 12 aromatic carbocycles. The maximum atomic E-state index is 2.47. The Morgan fingerprint density at radius 3 is 1.58 bits per heavy atom. The first kappa shape index (κ1) is 38.2. The number of fused-ring (bicyclic) bond motifs is 8. The van der Waals surface area contributed by atoms with Crippen molar-refractivity contribution in [3.63, 3.8) is 0 Å². The van der Waals surface area contributed by atoms with E-state index in [-0.39, 0.29) is 5.41 Å². The molecule has 13 rings (SSSR count). The zero-order chi connectivity index (χ0) is 43.8. The summed E-state index contributed by atoms with van der Waals surface area (Å²) >= 11 is 0. The van der Waals surface area contributed by atoms with Gasteiger partial charge in [0, 0.05) is 5.41 Å². The van der Waals surface area contributed by atoms with E-state index in [1.165, 1.54) is 127 Å². The van der Waals surface area contributed by atoms with E-state index in [0.717, 1.165) is 0 Å². The van der Waals surface area contributed by atoms with Gasteiger partial charge in [0.1, 0.15) is 0 Å². The van der Waals surface area contributed by atoms with E-state index in [0.29, 0.717) is 0 Å². The Labute approximate surface area is 385 Å². The number of rotatable bonds is 6. The fourth-order valence-corrected chi connectivity index (χ4v) is 11.4. The third-order valence-corrected chi connectivity index (χ3v) is 14.5. The molecule has 0 saturated heterocycles. The second-order valence-corrected chi connectivity index (χ2v) is 18.0. The highest BCUT2D eigenvalue weighted by molar-refractivity contribution is 6.28. The van der Waals surface area contributed by atoms with Crippen LogP contribution in [0, 0.1) is 0 Å². The average molecular weight is 837 g/mol. The molecule has 12 aromatic rings. The fourth-order valence-electron chi connectivity index (χ4n) is 11.4. The Bertz CT molecular complexity index is 3860. The van der Waals surface area contributed by atoms with Gasteiger partial charge in [0.15, 0.2) is 0 Å². The van der Waals surface area contributed by atoms with Gasteiger partial charge in [-0.05, 0) is 158 Å². The SMILES string of the molecule is CC1(c2ccccc2)c2ccccc2-c2cc3ccc(-c4ccc(-c5c6ccccc6c(-c6ccccc6-c6ccccc6)c6ccc7ccccc7c56)cc4-c4ccccc4)cc3cc21. The van der Waals surface area contributed by atoms with Gasteiger partial charge in [-0.1, -0.05) is 224 Å². The second kappa shape index (κ2) is 15.2. The molecule has 0 bridgehead atoms. The van der Waals surface area contributed by atoms with Crippen LogP contribution < -0.4 is 0 Å². The van der Waals surface area contributed by atoms with Crippen LogP contribution >= 0.6 is 0 Å². The Morgan fingerprint density at radius 1 is 0.258 bits per heavy atom. The first-order valence-electron chi connectivity index (χ1n) is 23.1. The molecule has 66 heavy (non-hydrogen) atoms. The van der Waals surface area contributed by atoms with Crippen molar-refractivity contribution in [2.24, 2.45) is 0 Å². The van der Waals surface area contributed by atoms with Gasteiger partial charge >= 0.3 is 0 Å². The maximum absolute atomic E-state index is 2.47. The minimum absolute atomic E-state index is 0.261. The monoisotopic (exact) mass is 836 g/mol. The Kier molecular flexibility index (Phi) is 8.76. The average Bonchev–Trinajstić information content (AvgIpc) is 3.64. The number of hydrogen-bond donors (Lipinski definition) is 0. The van der Waals surface area contributed by atoms with E-state index in [2.05, 4.69) is 256 Å². The standard InChI is InChI=1S/C66H44/c1-66(50-24-9-4-10-25-50)61-32-18-17-28-54(61)60-40-46-33-34-47(39-49(46)42-62(60)66)52-37-36-48(41-59(52)44-21-7-3-8-22-44)63-56-30-15-16-31-57(56)64(58-38-35-45-23-11-12-27-53(45)65(58)63)55-29-14-13-26-51(55)43-19-5-2-6-20-43/h2-42H,1H3. The van der Waals surface area contributed by atoms with Crippen LogP contribution in [0.5, 0.6) is 0 Å². The Morgan fingerprint density at radius 2 is 0.818 bits per heavy atom. The van der Waals surface area contributed by atoms with Gasteiger partial charge in [0.25, 0.3) is 0 Å². The molecule has 0 saturated carbocycles. The van der Waals surface area contributed by atoms with Crippen molar-refractivity contribution in [1.82, 2.24) is 0 Å². The van der Waals surface area contributed by atoms with Crippen molar-refractivity contribution in [3.8, 4) is 66.8 Å². The minimum atomic E-state index is -0.261. The van der Waals surface area contributed by atoms with Gasteiger partial charge < -0.3 is 0 Å². The summed E-state index contributed by atoms with van der Waals surface area (Å²) in [6.07, 6.45) is 0. The van der Waals surface area contributed by atoms with Gasteiger partial charge in [0.2, 0.25) is 0 Å². The maximum Gasteiger partial charge on any atom is 0.0435 e. The van der Waals surface area contributed by atoms with Crippen molar-refractivity contribution in [2.45, 2.75) is 12.3 Å². The van der Waals surface area contributed by atoms with Gasteiger partial charge in [-0.3, -0.25) is 0 Å². The van der Waals surface area contributed by atoms with Crippen molar-refractivity contribution >= 4 is 43.1 Å². The van der Waals surface area contributed by atoms with E-state index in [1.807, 2.05) is 0 Å². The van der Waals surface area contributed by atoms with Crippen molar-refractivity contribution in [2.75, 3.05) is 0 Å². The first-order valence-corrected chi connectivity index (χ1v) is 23.1. The largest absolute Gasteiger partial charge is 0.0622 e. The molecule has 0 N–H and O–H groups in total. The summed E-state index contributed by atoms with van der Waals surface area (Å²) in [5.41, 5.74) is 18.7. The summed E-state index contributed by atoms with van der Waals surface area (Å²) in [5, 5.41) is 10.0. The molecule has 1 aliphatic rings. The molecule has 0 aromatic heterocycles. The third-order valence-electron chi connectivity index (χ3n) is 14.5. The first-order chi connectivity index (χ1) is 32.6. The van der Waals surface area contributed by atoms with Gasteiger partial charge in [0.05, 0.1) is 0 Å². The summed E-state index contributed by atoms with van der Waals surface area (Å²) in [4.78, 5) is 0. The predicted molar refractivity (Wildman–Crippen MR) is 281 cm³/mol. The smallest absolute Gasteiger partial charge is 0.0435 e. The molecule has 0 fully saturated rings. The molecule has 1 unspecified atom stereocenters. The van der Waals surface area contributed by atoms with E-state index in [1.54, 1.807) is 0 Å². The molecule has 0 nitrogen and oxygen atoms in total. The lowest BCUT2D eigenvalue weighted by Gasteiger charge is -2.28. The second-order valence-electron chi connectivity index (χ2n) is 18.0. The van der Waals surface area contributed by atoms with Crippen molar-refractivity contribution < 1.29 is 0 Å². The fraction of sp³-hybridized carbons (Fsp3) is 0.0303. The van der Waals surface area contributed by atoms with Crippen LogP contribution in [0.4, 0.5) is 0 Å². The molecular weight excluding hydrogens is 793 g/mol. The van der Waals surface area contributed by atoms with Gasteiger partial charge in [-0.25, -0.2) is 0 Å². The molecule has 1 atom stereocenters. The molecular formula is C66H44. The van der Waals surface area contributed by atoms with Crippen LogP contribution in [0.1, 0.15) is 23.6 Å². The van der Waals surface area contributed by atoms with Crippen LogP contribution in [0.2, 0.25) is 0 Å². The van der Waals surface area contributed by atoms with Crippen LogP contribution in [0.3, 0.4) is 0 Å². The molecule has 1 aliphatic carbocycles. The Balaban J connectivity index is 1.05. The lowest BCUT2D eigenvalue weighted by molar-refractivity contribution is 0.715. The number of hydrogen-bond acceptors (Lipinski definition) is 0. The van der Waals surface area contributed by atoms with E-state index >= 15 is 0 Å². The summed E-state index contributed by atoms with van der Waals surface area (Å²) in [6.45, 7) is 2.40. The Hall–Kier alpha value is -8.32. The lowest BCUT2D eigenvalue weighted by atomic mass is 9.74. The molecule has 0 amide bonds. The quantitative estimate of drug-likeness (QED) is 0.116. The highest BCUT2D eigenvalue weighted by Crippen LogP contribution is 2.54. The summed E-state index contributed by atoms with van der Waals surface area (Å²) in [6, 6.07) is 92.5. The molecule has 0 spiro atoms. The van der Waals surface area contributed by atoms with Gasteiger partial charge in [-0.15, -0.1) is 0 Å². The van der Waals surface area contributed by atoms with Crippen LogP contribution in [-0.4, -0.2) is 0 Å². The molecule has 0 radical (unpaired) electrons. The van der Waals surface area contributed by atoms with Crippen LogP contribution in [0.15, 0.2) is 249 Å².